The molecule has 0 saturated heterocycles. The molecule has 1 rings (SSSR count). The van der Waals surface area contributed by atoms with Gasteiger partial charge in [0, 0.05) is 19.8 Å². The predicted octanol–water partition coefficient (Wildman–Crippen LogP) is 0.170. The fourth-order valence-corrected chi connectivity index (χ4v) is 1.27. The third-order valence-electron chi connectivity index (χ3n) is 2.01. The second-order valence-corrected chi connectivity index (χ2v) is 3.41. The lowest BCUT2D eigenvalue weighted by molar-refractivity contribution is -0.119. The highest BCUT2D eigenvalue weighted by Gasteiger charge is 2.04. The van der Waals surface area contributed by atoms with E-state index in [9.17, 15) is 4.79 Å². The lowest BCUT2D eigenvalue weighted by atomic mass is 10.4. The molecule has 1 aromatic rings. The molecular weight excluding hydrogens is 206 g/mol. The number of carbonyl (C=O) groups excluding carboxylic acids is 1. The van der Waals surface area contributed by atoms with E-state index in [1.54, 1.807) is 4.68 Å². The summed E-state index contributed by atoms with van der Waals surface area (Å²) in [6.07, 6.45) is 2.15. The first kappa shape index (κ1) is 12.0. The van der Waals surface area contributed by atoms with Crippen LogP contribution in [0.25, 0.3) is 0 Å². The van der Waals surface area contributed by atoms with Crippen LogP contribution in [0, 0.1) is 18.3 Å². The van der Waals surface area contributed by atoms with Crippen molar-refractivity contribution in [3.8, 4) is 6.07 Å². The van der Waals surface area contributed by atoms with Gasteiger partial charge in [-0.3, -0.25) is 9.48 Å². The second kappa shape index (κ2) is 5.75. The summed E-state index contributed by atoms with van der Waals surface area (Å²) < 4.78 is 1.69. The SMILES string of the molecule is Cc1nn(C)cc1NCC(=O)NCCC#N. The average Bonchev–Trinajstić information content (AvgIpc) is 2.55. The van der Waals surface area contributed by atoms with E-state index in [-0.39, 0.29) is 12.5 Å². The van der Waals surface area contributed by atoms with Crippen molar-refractivity contribution in [2.45, 2.75) is 13.3 Å². The zero-order valence-corrected chi connectivity index (χ0v) is 9.45. The van der Waals surface area contributed by atoms with Crippen LogP contribution < -0.4 is 10.6 Å². The lowest BCUT2D eigenvalue weighted by Gasteiger charge is -2.04. The van der Waals surface area contributed by atoms with Gasteiger partial charge in [-0.2, -0.15) is 10.4 Å². The number of aromatic nitrogens is 2. The van der Waals surface area contributed by atoms with E-state index in [0.717, 1.165) is 11.4 Å². The topological polar surface area (TPSA) is 82.7 Å². The summed E-state index contributed by atoms with van der Waals surface area (Å²) >= 11 is 0. The van der Waals surface area contributed by atoms with Crippen LogP contribution in [0.5, 0.6) is 0 Å². The van der Waals surface area contributed by atoms with Gasteiger partial charge in [0.25, 0.3) is 0 Å². The molecule has 16 heavy (non-hydrogen) atoms. The number of amides is 1. The van der Waals surface area contributed by atoms with E-state index in [1.165, 1.54) is 0 Å². The highest BCUT2D eigenvalue weighted by Crippen LogP contribution is 2.10. The molecule has 0 radical (unpaired) electrons. The Balaban J connectivity index is 2.32. The van der Waals surface area contributed by atoms with Crippen LogP contribution in [0.15, 0.2) is 6.20 Å². The van der Waals surface area contributed by atoms with Crippen molar-refractivity contribution in [2.24, 2.45) is 7.05 Å². The summed E-state index contributed by atoms with van der Waals surface area (Å²) in [4.78, 5) is 11.3. The Hall–Kier alpha value is -2.03. The Morgan fingerprint density at radius 3 is 3.00 bits per heavy atom. The van der Waals surface area contributed by atoms with Crippen molar-refractivity contribution in [3.63, 3.8) is 0 Å². The summed E-state index contributed by atoms with van der Waals surface area (Å²) in [6.45, 7) is 2.46. The first-order valence-electron chi connectivity index (χ1n) is 5.01. The molecule has 0 fully saturated rings. The molecule has 0 spiro atoms. The molecule has 1 heterocycles. The Kier molecular flexibility index (Phi) is 4.33. The van der Waals surface area contributed by atoms with E-state index in [0.29, 0.717) is 13.0 Å². The minimum absolute atomic E-state index is 0.126. The molecule has 0 aromatic carbocycles. The van der Waals surface area contributed by atoms with Gasteiger partial charge in [0.1, 0.15) is 0 Å². The van der Waals surface area contributed by atoms with Crippen molar-refractivity contribution in [2.75, 3.05) is 18.4 Å². The maximum atomic E-state index is 11.3. The first-order chi connectivity index (χ1) is 7.63. The van der Waals surface area contributed by atoms with Crippen molar-refractivity contribution < 1.29 is 4.79 Å². The fourth-order valence-electron chi connectivity index (χ4n) is 1.27. The summed E-state index contributed by atoms with van der Waals surface area (Å²) in [7, 11) is 1.82. The normalized spacial score (nSPS) is 9.56. The van der Waals surface area contributed by atoms with Gasteiger partial charge in [-0.05, 0) is 6.92 Å². The van der Waals surface area contributed by atoms with Crippen LogP contribution in [0.4, 0.5) is 5.69 Å². The van der Waals surface area contributed by atoms with Crippen molar-refractivity contribution in [1.29, 1.82) is 5.26 Å². The van der Waals surface area contributed by atoms with Gasteiger partial charge in [0.15, 0.2) is 0 Å². The van der Waals surface area contributed by atoms with Crippen LogP contribution in [-0.2, 0) is 11.8 Å². The van der Waals surface area contributed by atoms with E-state index in [4.69, 9.17) is 5.26 Å². The molecule has 0 bridgehead atoms. The zero-order valence-electron chi connectivity index (χ0n) is 9.45. The quantitative estimate of drug-likeness (QED) is 0.694. The van der Waals surface area contributed by atoms with Crippen molar-refractivity contribution >= 4 is 11.6 Å². The Morgan fingerprint density at radius 1 is 1.69 bits per heavy atom. The molecule has 0 aliphatic carbocycles. The molecular formula is C10H15N5O. The fraction of sp³-hybridized carbons (Fsp3) is 0.500. The number of nitrogens with one attached hydrogen (secondary N) is 2. The molecule has 6 heteroatoms. The number of nitriles is 1. The molecule has 6 nitrogen and oxygen atoms in total. The molecule has 0 atom stereocenters. The van der Waals surface area contributed by atoms with Crippen LogP contribution in [0.1, 0.15) is 12.1 Å². The van der Waals surface area contributed by atoms with E-state index < -0.39 is 0 Å². The van der Waals surface area contributed by atoms with E-state index in [1.807, 2.05) is 26.2 Å². The zero-order chi connectivity index (χ0) is 12.0. The van der Waals surface area contributed by atoms with Gasteiger partial charge in [0.2, 0.25) is 5.91 Å². The van der Waals surface area contributed by atoms with Crippen LogP contribution >= 0.6 is 0 Å². The van der Waals surface area contributed by atoms with Gasteiger partial charge >= 0.3 is 0 Å². The lowest BCUT2D eigenvalue weighted by Crippen LogP contribution is -2.30. The minimum Gasteiger partial charge on any atom is -0.373 e. The number of carbonyl (C=O) groups is 1. The number of nitrogens with zero attached hydrogens (tertiary/aromatic N) is 3. The standard InChI is InChI=1S/C10H15N5O/c1-8-9(7-15(2)14-8)13-6-10(16)12-5-3-4-11/h7,13H,3,5-6H2,1-2H3,(H,12,16). The number of anilines is 1. The minimum atomic E-state index is -0.126. The predicted molar refractivity (Wildman–Crippen MR) is 59.7 cm³/mol. The van der Waals surface area contributed by atoms with Crippen molar-refractivity contribution in [1.82, 2.24) is 15.1 Å². The molecule has 0 saturated carbocycles. The molecule has 0 unspecified atom stereocenters. The molecule has 2 N–H and O–H groups in total. The Labute approximate surface area is 94.2 Å². The van der Waals surface area contributed by atoms with E-state index >= 15 is 0 Å². The highest BCUT2D eigenvalue weighted by molar-refractivity contribution is 5.80. The van der Waals surface area contributed by atoms with Crippen molar-refractivity contribution in [3.05, 3.63) is 11.9 Å². The number of rotatable bonds is 5. The molecule has 86 valence electrons. The molecule has 1 amide bonds. The van der Waals surface area contributed by atoms with Gasteiger partial charge in [-0.1, -0.05) is 0 Å². The smallest absolute Gasteiger partial charge is 0.239 e. The Morgan fingerprint density at radius 2 is 2.44 bits per heavy atom. The first-order valence-corrected chi connectivity index (χ1v) is 5.01. The van der Waals surface area contributed by atoms with Gasteiger partial charge in [0.05, 0.1) is 30.4 Å². The number of hydrogen-bond donors (Lipinski definition) is 2. The van der Waals surface area contributed by atoms with Crippen LogP contribution in [0.2, 0.25) is 0 Å². The monoisotopic (exact) mass is 221 g/mol. The average molecular weight is 221 g/mol. The third-order valence-corrected chi connectivity index (χ3v) is 2.01. The second-order valence-electron chi connectivity index (χ2n) is 3.41. The highest BCUT2D eigenvalue weighted by atomic mass is 16.1. The summed E-state index contributed by atoms with van der Waals surface area (Å²) in [5, 5.41) is 18.1. The maximum absolute atomic E-state index is 11.3. The largest absolute Gasteiger partial charge is 0.373 e. The molecule has 1 aromatic heterocycles. The molecule has 0 aliphatic heterocycles. The molecule has 0 aliphatic rings. The summed E-state index contributed by atoms with van der Waals surface area (Å²) in [6, 6.07) is 1.96. The van der Waals surface area contributed by atoms with Gasteiger partial charge < -0.3 is 10.6 Å². The summed E-state index contributed by atoms with van der Waals surface area (Å²) in [5.74, 6) is -0.126. The van der Waals surface area contributed by atoms with Crippen LogP contribution in [0.3, 0.4) is 0 Å². The maximum Gasteiger partial charge on any atom is 0.239 e. The van der Waals surface area contributed by atoms with Crippen LogP contribution in [-0.4, -0.2) is 28.8 Å². The van der Waals surface area contributed by atoms with Gasteiger partial charge in [-0.25, -0.2) is 0 Å². The van der Waals surface area contributed by atoms with Gasteiger partial charge in [-0.15, -0.1) is 0 Å². The number of hydrogen-bond acceptors (Lipinski definition) is 4. The summed E-state index contributed by atoms with van der Waals surface area (Å²) in [5.41, 5.74) is 1.70. The number of aryl methyl sites for hydroxylation is 2. The van der Waals surface area contributed by atoms with E-state index in [2.05, 4.69) is 15.7 Å². The Bertz CT molecular complexity index is 404. The third kappa shape index (κ3) is 3.61.